The van der Waals surface area contributed by atoms with Gasteiger partial charge in [-0.1, -0.05) is 43.7 Å². The fourth-order valence-electron chi connectivity index (χ4n) is 0.976. The van der Waals surface area contributed by atoms with Crippen molar-refractivity contribution in [1.82, 2.24) is 0 Å². The van der Waals surface area contributed by atoms with Gasteiger partial charge in [-0.25, -0.2) is 0 Å². The van der Waals surface area contributed by atoms with Crippen LogP contribution in [0.15, 0.2) is 30.3 Å². The Morgan fingerprint density at radius 1 is 1.33 bits per heavy atom. The number of aliphatic hydroxyl groups excluding tert-OH is 2. The first-order valence-electron chi connectivity index (χ1n) is 5.02. The van der Waals surface area contributed by atoms with Gasteiger partial charge in [0.15, 0.2) is 6.29 Å². The molecule has 0 saturated heterocycles. The van der Waals surface area contributed by atoms with Crippen LogP contribution in [-0.2, 0) is 11.2 Å². The molecule has 0 bridgehead atoms. The molecule has 3 heteroatoms. The summed E-state index contributed by atoms with van der Waals surface area (Å²) in [5.74, 6) is 0. The van der Waals surface area contributed by atoms with Gasteiger partial charge in [-0.3, -0.25) is 0 Å². The molecule has 1 unspecified atom stereocenters. The summed E-state index contributed by atoms with van der Waals surface area (Å²) in [5.41, 5.74) is 1.44. The molecule has 0 fully saturated rings. The predicted molar refractivity (Wildman–Crippen MR) is 59.6 cm³/mol. The summed E-state index contributed by atoms with van der Waals surface area (Å²) < 4.78 is 0. The van der Waals surface area contributed by atoms with E-state index in [4.69, 9.17) is 10.2 Å². The number of aldehydes is 1. The smallest absolute Gasteiger partial charge is 0.150 e. The van der Waals surface area contributed by atoms with E-state index < -0.39 is 12.7 Å². The summed E-state index contributed by atoms with van der Waals surface area (Å²) >= 11 is 0. The van der Waals surface area contributed by atoms with Gasteiger partial charge in [-0.05, 0) is 12.0 Å². The predicted octanol–water partition coefficient (Wildman–Crippen LogP) is 1.18. The molecule has 0 heterocycles. The van der Waals surface area contributed by atoms with Crippen molar-refractivity contribution in [1.29, 1.82) is 0 Å². The quantitative estimate of drug-likeness (QED) is 0.734. The van der Waals surface area contributed by atoms with E-state index in [-0.39, 0.29) is 6.29 Å². The molecular weight excluding hydrogens is 192 g/mol. The van der Waals surface area contributed by atoms with E-state index in [9.17, 15) is 4.79 Å². The highest BCUT2D eigenvalue weighted by Crippen LogP contribution is 2.00. The molecule has 3 nitrogen and oxygen atoms in total. The maximum atomic E-state index is 9.33. The van der Waals surface area contributed by atoms with Gasteiger partial charge >= 0.3 is 0 Å². The largest absolute Gasteiger partial charge is 0.393 e. The van der Waals surface area contributed by atoms with Crippen LogP contribution in [0.1, 0.15) is 18.9 Å². The van der Waals surface area contributed by atoms with Gasteiger partial charge in [0.2, 0.25) is 0 Å². The molecule has 2 N–H and O–H groups in total. The first kappa shape index (κ1) is 13.8. The number of hydrogen-bond donors (Lipinski definition) is 2. The van der Waals surface area contributed by atoms with Crippen molar-refractivity contribution in [3.8, 4) is 0 Å². The van der Waals surface area contributed by atoms with Crippen molar-refractivity contribution >= 4 is 6.29 Å². The average molecular weight is 210 g/mol. The summed E-state index contributed by atoms with van der Waals surface area (Å²) in [7, 11) is 0. The molecule has 84 valence electrons. The minimum atomic E-state index is -1.19. The summed E-state index contributed by atoms with van der Waals surface area (Å²) in [4.78, 5) is 9.33. The number of benzene rings is 1. The molecule has 0 amide bonds. The fourth-order valence-corrected chi connectivity index (χ4v) is 0.976. The number of hydrogen-bond acceptors (Lipinski definition) is 3. The Morgan fingerprint density at radius 3 is 2.27 bits per heavy atom. The van der Waals surface area contributed by atoms with Crippen LogP contribution in [0, 0.1) is 0 Å². The van der Waals surface area contributed by atoms with Crippen LogP contribution in [0.2, 0.25) is 0 Å². The van der Waals surface area contributed by atoms with E-state index in [1.54, 1.807) is 0 Å². The van der Waals surface area contributed by atoms with Crippen LogP contribution >= 0.6 is 0 Å². The second-order valence-corrected chi connectivity index (χ2v) is 3.12. The molecule has 0 aliphatic carbocycles. The highest BCUT2D eigenvalue weighted by molar-refractivity contribution is 5.55. The van der Waals surface area contributed by atoms with E-state index in [0.717, 1.165) is 0 Å². The molecule has 1 atom stereocenters. The molecule has 1 rings (SSSR count). The zero-order chi connectivity index (χ0) is 11.5. The van der Waals surface area contributed by atoms with Crippen molar-refractivity contribution in [2.45, 2.75) is 25.9 Å². The molecular formula is C12H18O3. The minimum Gasteiger partial charge on any atom is -0.393 e. The third kappa shape index (κ3) is 7.85. The summed E-state index contributed by atoms with van der Waals surface area (Å²) in [6.07, 6.45) is 1.54. The maximum absolute atomic E-state index is 9.33. The van der Waals surface area contributed by atoms with Crippen molar-refractivity contribution in [2.75, 3.05) is 6.61 Å². The van der Waals surface area contributed by atoms with Crippen LogP contribution in [0.25, 0.3) is 0 Å². The molecule has 1 aromatic rings. The molecule has 1 aromatic carbocycles. The van der Waals surface area contributed by atoms with E-state index in [1.165, 1.54) is 18.4 Å². The monoisotopic (exact) mass is 210 g/mol. The highest BCUT2D eigenvalue weighted by Gasteiger charge is 1.92. The van der Waals surface area contributed by atoms with E-state index >= 15 is 0 Å². The van der Waals surface area contributed by atoms with Gasteiger partial charge in [0, 0.05) is 0 Å². The third-order valence-corrected chi connectivity index (χ3v) is 1.73. The lowest BCUT2D eigenvalue weighted by Gasteiger charge is -1.93. The van der Waals surface area contributed by atoms with Crippen molar-refractivity contribution in [2.24, 2.45) is 0 Å². The second kappa shape index (κ2) is 9.37. The SMILES string of the molecule is CCCc1ccccc1.O=CC(O)CO. The number of rotatable bonds is 4. The number of aliphatic hydroxyl groups is 2. The Morgan fingerprint density at radius 2 is 1.93 bits per heavy atom. The van der Waals surface area contributed by atoms with Gasteiger partial charge in [-0.2, -0.15) is 0 Å². The van der Waals surface area contributed by atoms with Gasteiger partial charge in [0.05, 0.1) is 6.61 Å². The highest BCUT2D eigenvalue weighted by atomic mass is 16.3. The van der Waals surface area contributed by atoms with E-state index in [2.05, 4.69) is 37.3 Å². The van der Waals surface area contributed by atoms with Crippen LogP contribution in [0.5, 0.6) is 0 Å². The van der Waals surface area contributed by atoms with Gasteiger partial charge in [0.25, 0.3) is 0 Å². The standard InChI is InChI=1S/C9H12.C3H6O3/c1-2-6-9-7-4-3-5-8-9;4-1-3(6)2-5/h3-5,7-8H,2,6H2,1H3;1,3,5-6H,2H2. The van der Waals surface area contributed by atoms with Crippen LogP contribution in [0.4, 0.5) is 0 Å². The summed E-state index contributed by atoms with van der Waals surface area (Å²) in [6, 6.07) is 10.6. The topological polar surface area (TPSA) is 57.5 Å². The molecule has 0 aliphatic rings. The van der Waals surface area contributed by atoms with Crippen molar-refractivity contribution < 1.29 is 15.0 Å². The molecule has 15 heavy (non-hydrogen) atoms. The van der Waals surface area contributed by atoms with Gasteiger partial charge in [0.1, 0.15) is 6.10 Å². The van der Waals surface area contributed by atoms with Crippen LogP contribution in [0.3, 0.4) is 0 Å². The molecule has 0 aliphatic heterocycles. The molecule has 0 saturated carbocycles. The number of aryl methyl sites for hydroxylation is 1. The normalized spacial score (nSPS) is 11.1. The van der Waals surface area contributed by atoms with E-state index in [1.807, 2.05) is 0 Å². The summed E-state index contributed by atoms with van der Waals surface area (Å²) in [6.45, 7) is 1.72. The van der Waals surface area contributed by atoms with Crippen molar-refractivity contribution in [3.05, 3.63) is 35.9 Å². The number of carbonyl (C=O) groups is 1. The zero-order valence-electron chi connectivity index (χ0n) is 8.97. The summed E-state index contributed by atoms with van der Waals surface area (Å²) in [5, 5.41) is 15.9. The molecule has 0 spiro atoms. The Kier molecular flexibility index (Phi) is 8.63. The Hall–Kier alpha value is -1.19. The Balaban J connectivity index is 0.000000288. The first-order chi connectivity index (χ1) is 7.24. The van der Waals surface area contributed by atoms with Gasteiger partial charge in [-0.15, -0.1) is 0 Å². The second-order valence-electron chi connectivity index (χ2n) is 3.12. The lowest BCUT2D eigenvalue weighted by atomic mass is 10.1. The molecule has 0 aromatic heterocycles. The average Bonchev–Trinajstić information content (AvgIpc) is 2.31. The van der Waals surface area contributed by atoms with Gasteiger partial charge < -0.3 is 15.0 Å². The van der Waals surface area contributed by atoms with Crippen LogP contribution < -0.4 is 0 Å². The first-order valence-corrected chi connectivity index (χ1v) is 5.02. The Bertz CT molecular complexity index is 246. The number of carbonyl (C=O) groups excluding carboxylic acids is 1. The minimum absolute atomic E-state index is 0.278. The van der Waals surface area contributed by atoms with E-state index in [0.29, 0.717) is 0 Å². The molecule has 0 radical (unpaired) electrons. The Labute approximate surface area is 90.4 Å². The fraction of sp³-hybridized carbons (Fsp3) is 0.417. The third-order valence-electron chi connectivity index (χ3n) is 1.73. The zero-order valence-corrected chi connectivity index (χ0v) is 8.97. The maximum Gasteiger partial charge on any atom is 0.150 e. The van der Waals surface area contributed by atoms with Crippen molar-refractivity contribution in [3.63, 3.8) is 0 Å². The lowest BCUT2D eigenvalue weighted by Crippen LogP contribution is -2.12. The lowest BCUT2D eigenvalue weighted by molar-refractivity contribution is -0.116. The van der Waals surface area contributed by atoms with Crippen LogP contribution in [-0.4, -0.2) is 29.2 Å².